The third-order valence-corrected chi connectivity index (χ3v) is 3.62. The highest BCUT2D eigenvalue weighted by atomic mass is 32.2. The Kier molecular flexibility index (Phi) is 2.31. The van der Waals surface area contributed by atoms with E-state index < -0.39 is 0 Å². The molecule has 2 unspecified atom stereocenters. The lowest BCUT2D eigenvalue weighted by Gasteiger charge is -2.31. The van der Waals surface area contributed by atoms with Crippen molar-refractivity contribution in [3.8, 4) is 12.3 Å². The number of rotatable bonds is 0. The largest absolute Gasteiger partial charge is 0.160 e. The summed E-state index contributed by atoms with van der Waals surface area (Å²) in [5, 5.41) is 0. The summed E-state index contributed by atoms with van der Waals surface area (Å²) in [6.07, 6.45) is 6.64. The molecule has 1 aliphatic rings. The SMILES string of the molecule is C#CC1(C)CSCC(C)C1. The zero-order valence-electron chi connectivity index (χ0n) is 6.68. The molecule has 0 nitrogen and oxygen atoms in total. The van der Waals surface area contributed by atoms with Crippen molar-refractivity contribution < 1.29 is 0 Å². The summed E-state index contributed by atoms with van der Waals surface area (Å²) in [6, 6.07) is 0. The minimum absolute atomic E-state index is 0.183. The number of hydrogen-bond acceptors (Lipinski definition) is 1. The Morgan fingerprint density at radius 2 is 2.40 bits per heavy atom. The van der Waals surface area contributed by atoms with Gasteiger partial charge in [0.25, 0.3) is 0 Å². The third-order valence-electron chi connectivity index (χ3n) is 1.97. The van der Waals surface area contributed by atoms with E-state index >= 15 is 0 Å². The first-order chi connectivity index (χ1) is 4.66. The Balaban J connectivity index is 2.56. The number of terminal acetylenes is 1. The van der Waals surface area contributed by atoms with Gasteiger partial charge in [0, 0.05) is 11.2 Å². The van der Waals surface area contributed by atoms with E-state index in [1.54, 1.807) is 0 Å². The maximum absolute atomic E-state index is 5.44. The number of hydrogen-bond donors (Lipinski definition) is 0. The van der Waals surface area contributed by atoms with Crippen molar-refractivity contribution in [2.45, 2.75) is 20.3 Å². The highest BCUT2D eigenvalue weighted by molar-refractivity contribution is 7.99. The van der Waals surface area contributed by atoms with Crippen molar-refractivity contribution in [2.24, 2.45) is 11.3 Å². The van der Waals surface area contributed by atoms with E-state index in [0.717, 1.165) is 11.7 Å². The predicted octanol–water partition coefficient (Wildman–Crippen LogP) is 2.40. The first-order valence-corrected chi connectivity index (χ1v) is 4.87. The van der Waals surface area contributed by atoms with Crippen LogP contribution in [0.15, 0.2) is 0 Å². The van der Waals surface area contributed by atoms with Gasteiger partial charge in [-0.05, 0) is 25.0 Å². The van der Waals surface area contributed by atoms with Crippen molar-refractivity contribution in [2.75, 3.05) is 11.5 Å². The predicted molar refractivity (Wildman–Crippen MR) is 48.0 cm³/mol. The quantitative estimate of drug-likeness (QED) is 0.483. The van der Waals surface area contributed by atoms with Gasteiger partial charge in [-0.1, -0.05) is 12.8 Å². The third kappa shape index (κ3) is 1.70. The Hall–Kier alpha value is -0.0900. The van der Waals surface area contributed by atoms with Gasteiger partial charge in [-0.2, -0.15) is 11.8 Å². The Morgan fingerprint density at radius 1 is 1.70 bits per heavy atom. The molecule has 1 fully saturated rings. The highest BCUT2D eigenvalue weighted by Crippen LogP contribution is 2.36. The van der Waals surface area contributed by atoms with Gasteiger partial charge in [0.05, 0.1) is 0 Å². The fourth-order valence-corrected chi connectivity index (χ4v) is 2.76. The molecule has 0 aromatic rings. The van der Waals surface area contributed by atoms with Gasteiger partial charge < -0.3 is 0 Å². The second kappa shape index (κ2) is 2.88. The molecule has 0 saturated carbocycles. The van der Waals surface area contributed by atoms with E-state index in [4.69, 9.17) is 6.42 Å². The molecule has 0 aromatic carbocycles. The summed E-state index contributed by atoms with van der Waals surface area (Å²) >= 11 is 1.99. The Labute approximate surface area is 67.8 Å². The lowest BCUT2D eigenvalue weighted by atomic mass is 9.84. The van der Waals surface area contributed by atoms with E-state index in [2.05, 4.69) is 19.8 Å². The summed E-state index contributed by atoms with van der Waals surface area (Å²) in [5.74, 6) is 6.13. The van der Waals surface area contributed by atoms with Gasteiger partial charge in [0.1, 0.15) is 0 Å². The van der Waals surface area contributed by atoms with Crippen LogP contribution in [0, 0.1) is 23.7 Å². The Morgan fingerprint density at radius 3 is 2.80 bits per heavy atom. The minimum atomic E-state index is 0.183. The van der Waals surface area contributed by atoms with Crippen LogP contribution in [0.1, 0.15) is 20.3 Å². The molecule has 1 heterocycles. The molecule has 1 aliphatic heterocycles. The average molecular weight is 154 g/mol. The monoisotopic (exact) mass is 154 g/mol. The van der Waals surface area contributed by atoms with Crippen LogP contribution in [0.5, 0.6) is 0 Å². The van der Waals surface area contributed by atoms with E-state index in [-0.39, 0.29) is 5.41 Å². The molecule has 1 heteroatoms. The van der Waals surface area contributed by atoms with Crippen molar-refractivity contribution >= 4 is 11.8 Å². The molecule has 10 heavy (non-hydrogen) atoms. The first kappa shape index (κ1) is 8.01. The van der Waals surface area contributed by atoms with Gasteiger partial charge in [-0.15, -0.1) is 6.42 Å². The summed E-state index contributed by atoms with van der Waals surface area (Å²) in [5.41, 5.74) is 0.183. The van der Waals surface area contributed by atoms with Crippen LogP contribution in [0.2, 0.25) is 0 Å². The summed E-state index contributed by atoms with van der Waals surface area (Å²) in [4.78, 5) is 0. The molecule has 0 bridgehead atoms. The lowest BCUT2D eigenvalue weighted by molar-refractivity contribution is 0.379. The normalized spacial score (nSPS) is 40.7. The van der Waals surface area contributed by atoms with Crippen molar-refractivity contribution in [1.29, 1.82) is 0 Å². The topological polar surface area (TPSA) is 0 Å². The molecule has 0 aliphatic carbocycles. The van der Waals surface area contributed by atoms with Gasteiger partial charge in [-0.3, -0.25) is 0 Å². The highest BCUT2D eigenvalue weighted by Gasteiger charge is 2.28. The van der Waals surface area contributed by atoms with Crippen molar-refractivity contribution in [3.63, 3.8) is 0 Å². The maximum atomic E-state index is 5.44. The van der Waals surface area contributed by atoms with E-state index in [1.807, 2.05) is 11.8 Å². The van der Waals surface area contributed by atoms with Crippen LogP contribution in [-0.2, 0) is 0 Å². The molecule has 1 rings (SSSR count). The standard InChI is InChI=1S/C9H14S/c1-4-9(3)5-8(2)6-10-7-9/h1,8H,5-7H2,2-3H3. The van der Waals surface area contributed by atoms with Gasteiger partial charge in [0.2, 0.25) is 0 Å². The van der Waals surface area contributed by atoms with Gasteiger partial charge in [-0.25, -0.2) is 0 Å². The zero-order valence-corrected chi connectivity index (χ0v) is 7.50. The smallest absolute Gasteiger partial charge is 0.0377 e. The first-order valence-electron chi connectivity index (χ1n) is 3.72. The molecule has 0 aromatic heterocycles. The van der Waals surface area contributed by atoms with Crippen LogP contribution in [-0.4, -0.2) is 11.5 Å². The van der Waals surface area contributed by atoms with Crippen LogP contribution < -0.4 is 0 Å². The average Bonchev–Trinajstić information content (AvgIpc) is 1.88. The van der Waals surface area contributed by atoms with Crippen LogP contribution in [0.25, 0.3) is 0 Å². The second-order valence-corrected chi connectivity index (χ2v) is 4.56. The molecular weight excluding hydrogens is 140 g/mol. The molecule has 1 saturated heterocycles. The van der Waals surface area contributed by atoms with E-state index in [9.17, 15) is 0 Å². The molecule has 0 amide bonds. The van der Waals surface area contributed by atoms with Crippen LogP contribution >= 0.6 is 11.8 Å². The molecule has 0 radical (unpaired) electrons. The van der Waals surface area contributed by atoms with Crippen LogP contribution in [0.3, 0.4) is 0 Å². The maximum Gasteiger partial charge on any atom is 0.0377 e. The fraction of sp³-hybridized carbons (Fsp3) is 0.778. The molecule has 0 N–H and O–H groups in total. The number of thioether (sulfide) groups is 1. The summed E-state index contributed by atoms with van der Waals surface area (Å²) in [6.45, 7) is 4.47. The minimum Gasteiger partial charge on any atom is -0.160 e. The fourth-order valence-electron chi connectivity index (χ4n) is 1.47. The molecule has 0 spiro atoms. The van der Waals surface area contributed by atoms with E-state index in [0.29, 0.717) is 0 Å². The Bertz CT molecular complexity index is 157. The second-order valence-electron chi connectivity index (χ2n) is 3.53. The van der Waals surface area contributed by atoms with E-state index in [1.165, 1.54) is 12.2 Å². The van der Waals surface area contributed by atoms with Gasteiger partial charge >= 0.3 is 0 Å². The molecule has 56 valence electrons. The van der Waals surface area contributed by atoms with Crippen LogP contribution in [0.4, 0.5) is 0 Å². The summed E-state index contributed by atoms with van der Waals surface area (Å²) in [7, 11) is 0. The lowest BCUT2D eigenvalue weighted by Crippen LogP contribution is -2.26. The molecular formula is C9H14S. The summed E-state index contributed by atoms with van der Waals surface area (Å²) < 4.78 is 0. The zero-order chi connectivity index (χ0) is 7.61. The van der Waals surface area contributed by atoms with Crippen molar-refractivity contribution in [1.82, 2.24) is 0 Å². The van der Waals surface area contributed by atoms with Crippen molar-refractivity contribution in [3.05, 3.63) is 0 Å². The van der Waals surface area contributed by atoms with Gasteiger partial charge in [0.15, 0.2) is 0 Å². The molecule has 2 atom stereocenters.